The molecule has 1 aliphatic rings. The first-order valence-electron chi connectivity index (χ1n) is 9.23. The summed E-state index contributed by atoms with van der Waals surface area (Å²) < 4.78 is 16.2. The summed E-state index contributed by atoms with van der Waals surface area (Å²) in [5, 5.41) is 15.5. The lowest BCUT2D eigenvalue weighted by molar-refractivity contribution is -0.121. The molecule has 2 atom stereocenters. The molecule has 1 aliphatic heterocycles. The maximum absolute atomic E-state index is 12.5. The van der Waals surface area contributed by atoms with Crippen LogP contribution in [0.3, 0.4) is 0 Å². The van der Waals surface area contributed by atoms with Gasteiger partial charge in [-0.1, -0.05) is 6.07 Å². The highest BCUT2D eigenvalue weighted by Crippen LogP contribution is 2.28. The first-order chi connectivity index (χ1) is 14.5. The predicted octanol–water partition coefficient (Wildman–Crippen LogP) is 1.10. The summed E-state index contributed by atoms with van der Waals surface area (Å²) in [5.74, 6) is 1.27. The SMILES string of the molecule is Cn1cc(-c2nc3c4cccc(Br)c4nc(N[C@H]4CS(=O)CCNC4=O)n3n2)cn1. The minimum absolute atomic E-state index is 0.202. The standard InChI is InChI=1S/C18H17BrN8O2S/c1-26-8-10(7-21-26)15-24-16-11-3-2-4-12(19)14(11)23-18(27(16)25-15)22-13-9-30(29)6-5-20-17(13)28/h2-4,7-8,13H,5-6,9H2,1H3,(H,20,28)(H,22,23)/t13-,30?/m0/s1. The van der Waals surface area contributed by atoms with Gasteiger partial charge >= 0.3 is 0 Å². The summed E-state index contributed by atoms with van der Waals surface area (Å²) in [4.78, 5) is 21.9. The van der Waals surface area contributed by atoms with Gasteiger partial charge in [0.05, 0.1) is 23.0 Å². The Bertz CT molecular complexity index is 1320. The predicted molar refractivity (Wildman–Crippen MR) is 116 cm³/mol. The Morgan fingerprint density at radius 3 is 3.00 bits per heavy atom. The number of hydrogen-bond acceptors (Lipinski definition) is 7. The molecule has 10 nitrogen and oxygen atoms in total. The van der Waals surface area contributed by atoms with Crippen LogP contribution in [0.1, 0.15) is 0 Å². The van der Waals surface area contributed by atoms with E-state index in [1.807, 2.05) is 31.4 Å². The van der Waals surface area contributed by atoms with Gasteiger partial charge < -0.3 is 10.6 Å². The molecule has 1 saturated heterocycles. The Morgan fingerprint density at radius 2 is 2.20 bits per heavy atom. The van der Waals surface area contributed by atoms with Crippen molar-refractivity contribution in [3.05, 3.63) is 35.1 Å². The lowest BCUT2D eigenvalue weighted by Gasteiger charge is -2.16. The summed E-state index contributed by atoms with van der Waals surface area (Å²) in [7, 11) is 0.716. The van der Waals surface area contributed by atoms with E-state index in [2.05, 4.69) is 36.8 Å². The minimum atomic E-state index is -1.11. The molecule has 1 amide bonds. The molecule has 1 aromatic carbocycles. The van der Waals surface area contributed by atoms with Gasteiger partial charge in [-0.2, -0.15) is 9.61 Å². The van der Waals surface area contributed by atoms with E-state index in [0.717, 1.165) is 15.4 Å². The van der Waals surface area contributed by atoms with Crippen LogP contribution in [0.4, 0.5) is 5.95 Å². The number of rotatable bonds is 3. The number of carbonyl (C=O) groups excluding carboxylic acids is 1. The third-order valence-electron chi connectivity index (χ3n) is 4.82. The molecule has 0 saturated carbocycles. The van der Waals surface area contributed by atoms with Crippen LogP contribution in [0.5, 0.6) is 0 Å². The second-order valence-electron chi connectivity index (χ2n) is 6.94. The Labute approximate surface area is 181 Å². The number of benzene rings is 1. The number of nitrogens with one attached hydrogen (secondary N) is 2. The molecule has 2 N–H and O–H groups in total. The third kappa shape index (κ3) is 3.35. The molecule has 0 radical (unpaired) electrons. The lowest BCUT2D eigenvalue weighted by atomic mass is 10.2. The normalized spacial score (nSPS) is 19.7. The first kappa shape index (κ1) is 19.1. The largest absolute Gasteiger partial charge is 0.353 e. The van der Waals surface area contributed by atoms with Crippen molar-refractivity contribution in [1.82, 2.24) is 34.7 Å². The molecule has 4 heterocycles. The Kier molecular flexibility index (Phi) is 4.74. The van der Waals surface area contributed by atoms with E-state index in [9.17, 15) is 9.00 Å². The number of amides is 1. The monoisotopic (exact) mass is 488 g/mol. The van der Waals surface area contributed by atoms with E-state index < -0.39 is 16.8 Å². The summed E-state index contributed by atoms with van der Waals surface area (Å²) in [5.41, 5.74) is 2.05. The van der Waals surface area contributed by atoms with Crippen molar-refractivity contribution in [2.75, 3.05) is 23.4 Å². The molecule has 0 bridgehead atoms. The van der Waals surface area contributed by atoms with Crippen molar-refractivity contribution < 1.29 is 9.00 Å². The highest BCUT2D eigenvalue weighted by Gasteiger charge is 2.26. The number of nitrogens with zero attached hydrogens (tertiary/aromatic N) is 6. The van der Waals surface area contributed by atoms with Gasteiger partial charge in [0.25, 0.3) is 0 Å². The second kappa shape index (κ2) is 7.43. The lowest BCUT2D eigenvalue weighted by Crippen LogP contribution is -2.41. The Hall–Kier alpha value is -2.86. The number of aromatic nitrogens is 6. The summed E-state index contributed by atoms with van der Waals surface area (Å²) in [6.07, 6.45) is 3.52. The fourth-order valence-electron chi connectivity index (χ4n) is 3.37. The van der Waals surface area contributed by atoms with Gasteiger partial charge in [-0.15, -0.1) is 5.10 Å². The van der Waals surface area contributed by atoms with E-state index in [0.29, 0.717) is 35.2 Å². The zero-order valence-electron chi connectivity index (χ0n) is 15.9. The summed E-state index contributed by atoms with van der Waals surface area (Å²) in [6, 6.07) is 5.03. The van der Waals surface area contributed by atoms with Crippen LogP contribution in [0.15, 0.2) is 35.1 Å². The highest BCUT2D eigenvalue weighted by molar-refractivity contribution is 9.10. The molecular formula is C18H17BrN8O2S. The molecule has 5 rings (SSSR count). The Morgan fingerprint density at radius 1 is 1.33 bits per heavy atom. The van der Waals surface area contributed by atoms with Gasteiger partial charge in [0, 0.05) is 46.2 Å². The fourth-order valence-corrected chi connectivity index (χ4v) is 4.93. The smallest absolute Gasteiger partial charge is 0.243 e. The molecule has 0 spiro atoms. The van der Waals surface area contributed by atoms with Crippen LogP contribution >= 0.6 is 15.9 Å². The molecule has 12 heteroatoms. The van der Waals surface area contributed by atoms with Crippen molar-refractivity contribution in [3.8, 4) is 11.4 Å². The quantitative estimate of drug-likeness (QED) is 0.443. The van der Waals surface area contributed by atoms with Crippen molar-refractivity contribution in [3.63, 3.8) is 0 Å². The van der Waals surface area contributed by atoms with E-state index in [1.54, 1.807) is 15.4 Å². The Balaban J connectivity index is 1.69. The number of fused-ring (bicyclic) bond motifs is 3. The number of anilines is 1. The maximum atomic E-state index is 12.5. The highest BCUT2D eigenvalue weighted by atomic mass is 79.9. The van der Waals surface area contributed by atoms with E-state index in [4.69, 9.17) is 9.97 Å². The van der Waals surface area contributed by atoms with Gasteiger partial charge in [-0.3, -0.25) is 13.7 Å². The van der Waals surface area contributed by atoms with Crippen LogP contribution in [0.25, 0.3) is 27.9 Å². The summed E-state index contributed by atoms with van der Waals surface area (Å²) >= 11 is 3.54. The molecule has 3 aromatic heterocycles. The molecule has 1 unspecified atom stereocenters. The zero-order valence-corrected chi connectivity index (χ0v) is 18.3. The third-order valence-corrected chi connectivity index (χ3v) is 6.82. The number of carbonyl (C=O) groups is 1. The van der Waals surface area contributed by atoms with Gasteiger partial charge in [0.1, 0.15) is 6.04 Å². The second-order valence-corrected chi connectivity index (χ2v) is 9.42. The summed E-state index contributed by atoms with van der Waals surface area (Å²) in [6.45, 7) is 0.393. The average Bonchev–Trinajstić information content (AvgIpc) is 3.31. The number of para-hydroxylation sites is 1. The van der Waals surface area contributed by atoms with Crippen LogP contribution < -0.4 is 10.6 Å². The molecule has 1 fully saturated rings. The number of aryl methyl sites for hydroxylation is 1. The minimum Gasteiger partial charge on any atom is -0.353 e. The van der Waals surface area contributed by atoms with Gasteiger partial charge in [-0.05, 0) is 28.1 Å². The van der Waals surface area contributed by atoms with E-state index in [-0.39, 0.29) is 11.7 Å². The number of halogens is 1. The fraction of sp³-hybridized carbons (Fsp3) is 0.278. The zero-order chi connectivity index (χ0) is 20.8. The van der Waals surface area contributed by atoms with Crippen molar-refractivity contribution >= 4 is 55.1 Å². The van der Waals surface area contributed by atoms with Crippen LogP contribution in [0.2, 0.25) is 0 Å². The molecular weight excluding hydrogens is 472 g/mol. The van der Waals surface area contributed by atoms with Crippen LogP contribution in [0, 0.1) is 0 Å². The molecule has 154 valence electrons. The van der Waals surface area contributed by atoms with Gasteiger partial charge in [0.2, 0.25) is 11.9 Å². The van der Waals surface area contributed by atoms with Gasteiger partial charge in [0.15, 0.2) is 11.5 Å². The van der Waals surface area contributed by atoms with E-state index >= 15 is 0 Å². The average molecular weight is 489 g/mol. The van der Waals surface area contributed by atoms with Crippen molar-refractivity contribution in [2.45, 2.75) is 6.04 Å². The van der Waals surface area contributed by atoms with Crippen LogP contribution in [-0.2, 0) is 22.6 Å². The topological polar surface area (TPSA) is 119 Å². The van der Waals surface area contributed by atoms with Crippen molar-refractivity contribution in [1.29, 1.82) is 0 Å². The maximum Gasteiger partial charge on any atom is 0.243 e. The first-order valence-corrected chi connectivity index (χ1v) is 11.5. The van der Waals surface area contributed by atoms with Crippen LogP contribution in [-0.4, -0.2) is 63.6 Å². The number of hydrogen-bond donors (Lipinski definition) is 2. The molecule has 4 aromatic rings. The van der Waals surface area contributed by atoms with E-state index in [1.165, 1.54) is 0 Å². The van der Waals surface area contributed by atoms with Crippen molar-refractivity contribution in [2.24, 2.45) is 7.05 Å². The molecule has 0 aliphatic carbocycles. The van der Waals surface area contributed by atoms with Gasteiger partial charge in [-0.25, -0.2) is 9.97 Å². The molecule has 30 heavy (non-hydrogen) atoms.